The first kappa shape index (κ1) is 16.5. The number of nitrogens with zero attached hydrogens (tertiary/aromatic N) is 2. The predicted octanol–water partition coefficient (Wildman–Crippen LogP) is 4.88. The molecule has 1 N–H and O–H groups in total. The molecule has 0 bridgehead atoms. The topological polar surface area (TPSA) is 60.2 Å². The van der Waals surface area contributed by atoms with E-state index in [0.29, 0.717) is 28.5 Å². The van der Waals surface area contributed by atoms with Gasteiger partial charge in [-0.1, -0.05) is 29.3 Å². The molecule has 0 amide bonds. The summed E-state index contributed by atoms with van der Waals surface area (Å²) < 4.78 is 24.0. The van der Waals surface area contributed by atoms with E-state index in [2.05, 4.69) is 15.5 Å². The molecule has 0 fully saturated rings. The van der Waals surface area contributed by atoms with Gasteiger partial charge in [-0.15, -0.1) is 0 Å². The summed E-state index contributed by atoms with van der Waals surface area (Å²) in [7, 11) is 0. The maximum absolute atomic E-state index is 13.5. The van der Waals surface area contributed by atoms with Crippen LogP contribution in [0, 0.1) is 5.82 Å². The van der Waals surface area contributed by atoms with Gasteiger partial charge in [0.05, 0.1) is 11.6 Å². The van der Waals surface area contributed by atoms with Crippen LogP contribution < -0.4 is 10.1 Å². The Balaban J connectivity index is 1.64. The van der Waals surface area contributed by atoms with E-state index < -0.39 is 5.82 Å². The highest BCUT2D eigenvalue weighted by atomic mass is 35.5. The van der Waals surface area contributed by atoms with E-state index >= 15 is 0 Å². The molecule has 5 nitrogen and oxygen atoms in total. The number of hydrogen-bond acceptors (Lipinski definition) is 5. The monoisotopic (exact) mass is 367 g/mol. The van der Waals surface area contributed by atoms with Gasteiger partial charge in [0.1, 0.15) is 17.3 Å². The van der Waals surface area contributed by atoms with Crippen LogP contribution in [0.3, 0.4) is 0 Å². The number of pyridine rings is 1. The SMILES string of the molecule is Fc1ccc(Cl)c(CCOc2nocc2Nc2ccccn2)c1Cl. The molecular formula is C16H12Cl2FN3O2. The molecule has 3 rings (SSSR count). The van der Waals surface area contributed by atoms with Crippen molar-refractivity contribution >= 4 is 34.7 Å². The third-order valence-electron chi connectivity index (χ3n) is 3.19. The molecule has 8 heteroatoms. The van der Waals surface area contributed by atoms with Gasteiger partial charge in [0.2, 0.25) is 0 Å². The number of ether oxygens (including phenoxy) is 1. The lowest BCUT2D eigenvalue weighted by molar-refractivity contribution is 0.283. The zero-order valence-corrected chi connectivity index (χ0v) is 13.8. The summed E-state index contributed by atoms with van der Waals surface area (Å²) in [5, 5.41) is 7.19. The second-order valence-electron chi connectivity index (χ2n) is 4.79. The average molecular weight is 368 g/mol. The van der Waals surface area contributed by atoms with Crippen LogP contribution >= 0.6 is 23.2 Å². The van der Waals surface area contributed by atoms with Gasteiger partial charge in [0.25, 0.3) is 5.88 Å². The highest BCUT2D eigenvalue weighted by Gasteiger charge is 2.13. The van der Waals surface area contributed by atoms with Crippen molar-refractivity contribution in [2.75, 3.05) is 11.9 Å². The fourth-order valence-corrected chi connectivity index (χ4v) is 2.60. The van der Waals surface area contributed by atoms with Crippen LogP contribution in [0.25, 0.3) is 0 Å². The molecule has 24 heavy (non-hydrogen) atoms. The summed E-state index contributed by atoms with van der Waals surface area (Å²) in [6.07, 6.45) is 3.39. The minimum absolute atomic E-state index is 0.00177. The fraction of sp³-hybridized carbons (Fsp3) is 0.125. The van der Waals surface area contributed by atoms with E-state index in [1.54, 1.807) is 12.3 Å². The van der Waals surface area contributed by atoms with Crippen LogP contribution in [0.4, 0.5) is 15.9 Å². The summed E-state index contributed by atoms with van der Waals surface area (Å²) in [6.45, 7) is 0.201. The molecule has 1 aromatic carbocycles. The number of anilines is 2. The third kappa shape index (κ3) is 3.77. The molecule has 0 aliphatic carbocycles. The van der Waals surface area contributed by atoms with Crippen LogP contribution in [0.2, 0.25) is 10.0 Å². The van der Waals surface area contributed by atoms with Gasteiger partial charge < -0.3 is 14.6 Å². The van der Waals surface area contributed by atoms with Crippen LogP contribution in [0.1, 0.15) is 5.56 Å². The summed E-state index contributed by atoms with van der Waals surface area (Å²) in [6, 6.07) is 8.13. The first-order chi connectivity index (χ1) is 11.6. The quantitative estimate of drug-likeness (QED) is 0.629. The molecule has 0 radical (unpaired) electrons. The zero-order chi connectivity index (χ0) is 16.9. The molecule has 0 unspecified atom stereocenters. The van der Waals surface area contributed by atoms with Crippen molar-refractivity contribution in [3.8, 4) is 5.88 Å². The molecule has 124 valence electrons. The van der Waals surface area contributed by atoms with Gasteiger partial charge in [0, 0.05) is 17.6 Å². The Morgan fingerprint density at radius 1 is 1.21 bits per heavy atom. The van der Waals surface area contributed by atoms with Crippen LogP contribution in [-0.2, 0) is 6.42 Å². The molecular weight excluding hydrogens is 356 g/mol. The Labute approximate surface area is 147 Å². The lowest BCUT2D eigenvalue weighted by atomic mass is 10.1. The number of aromatic nitrogens is 2. The number of nitrogens with one attached hydrogen (secondary N) is 1. The molecule has 3 aromatic rings. The number of rotatable bonds is 6. The van der Waals surface area contributed by atoms with Crippen molar-refractivity contribution in [3.05, 3.63) is 64.2 Å². The first-order valence-corrected chi connectivity index (χ1v) is 7.78. The van der Waals surface area contributed by atoms with E-state index in [4.69, 9.17) is 32.5 Å². The van der Waals surface area contributed by atoms with E-state index in [0.717, 1.165) is 0 Å². The summed E-state index contributed by atoms with van der Waals surface area (Å²) in [5.41, 5.74) is 1.02. The maximum atomic E-state index is 13.5. The highest BCUT2D eigenvalue weighted by Crippen LogP contribution is 2.29. The molecule has 0 aliphatic heterocycles. The van der Waals surface area contributed by atoms with Crippen molar-refractivity contribution in [1.82, 2.24) is 10.1 Å². The molecule has 0 saturated heterocycles. The third-order valence-corrected chi connectivity index (χ3v) is 3.96. The summed E-state index contributed by atoms with van der Waals surface area (Å²) in [5.74, 6) is 0.376. The van der Waals surface area contributed by atoms with Crippen molar-refractivity contribution < 1.29 is 13.7 Å². The molecule has 2 heterocycles. The molecule has 0 aliphatic rings. The summed E-state index contributed by atoms with van der Waals surface area (Å²) >= 11 is 12.0. The number of benzene rings is 1. The van der Waals surface area contributed by atoms with Gasteiger partial charge in [-0.3, -0.25) is 0 Å². The zero-order valence-electron chi connectivity index (χ0n) is 12.3. The van der Waals surface area contributed by atoms with Crippen LogP contribution in [0.15, 0.2) is 47.3 Å². The lowest BCUT2D eigenvalue weighted by Gasteiger charge is -2.09. The van der Waals surface area contributed by atoms with Gasteiger partial charge >= 0.3 is 0 Å². The van der Waals surface area contributed by atoms with Crippen molar-refractivity contribution in [1.29, 1.82) is 0 Å². The number of hydrogen-bond donors (Lipinski definition) is 1. The predicted molar refractivity (Wildman–Crippen MR) is 89.6 cm³/mol. The van der Waals surface area contributed by atoms with Crippen molar-refractivity contribution in [2.45, 2.75) is 6.42 Å². The van der Waals surface area contributed by atoms with Crippen molar-refractivity contribution in [2.24, 2.45) is 0 Å². The molecule has 0 saturated carbocycles. The Morgan fingerprint density at radius 3 is 2.88 bits per heavy atom. The Kier molecular flexibility index (Phi) is 5.17. The second-order valence-corrected chi connectivity index (χ2v) is 5.58. The van der Waals surface area contributed by atoms with E-state index in [9.17, 15) is 4.39 Å². The first-order valence-electron chi connectivity index (χ1n) is 7.03. The minimum Gasteiger partial charge on any atom is -0.474 e. The van der Waals surface area contributed by atoms with Crippen LogP contribution in [-0.4, -0.2) is 16.7 Å². The lowest BCUT2D eigenvalue weighted by Crippen LogP contribution is -2.05. The second kappa shape index (κ2) is 7.51. The highest BCUT2D eigenvalue weighted by molar-refractivity contribution is 6.36. The van der Waals surface area contributed by atoms with E-state index in [1.807, 2.05) is 12.1 Å². The Hall–Kier alpha value is -2.31. The minimum atomic E-state index is -0.519. The van der Waals surface area contributed by atoms with Gasteiger partial charge in [-0.2, -0.15) is 0 Å². The molecule has 0 atom stereocenters. The Bertz CT molecular complexity index is 827. The molecule has 0 spiro atoms. The van der Waals surface area contributed by atoms with Gasteiger partial charge in [0.15, 0.2) is 6.26 Å². The van der Waals surface area contributed by atoms with E-state index in [-0.39, 0.29) is 17.5 Å². The van der Waals surface area contributed by atoms with Gasteiger partial charge in [-0.05, 0) is 35.0 Å². The fourth-order valence-electron chi connectivity index (χ4n) is 2.04. The smallest absolute Gasteiger partial charge is 0.278 e. The van der Waals surface area contributed by atoms with Gasteiger partial charge in [-0.25, -0.2) is 9.37 Å². The summed E-state index contributed by atoms with van der Waals surface area (Å²) in [4.78, 5) is 4.14. The number of halogens is 3. The standard InChI is InChI=1S/C16H12Cl2FN3O2/c17-11-4-5-12(19)15(18)10(11)6-8-23-16-13(9-24-22-16)21-14-3-1-2-7-20-14/h1-5,7,9H,6,8H2,(H,20,21). The maximum Gasteiger partial charge on any atom is 0.278 e. The average Bonchev–Trinajstić information content (AvgIpc) is 3.02. The van der Waals surface area contributed by atoms with Crippen LogP contribution in [0.5, 0.6) is 5.88 Å². The normalized spacial score (nSPS) is 10.6. The largest absolute Gasteiger partial charge is 0.474 e. The van der Waals surface area contributed by atoms with E-state index in [1.165, 1.54) is 18.4 Å². The molecule has 2 aromatic heterocycles. The van der Waals surface area contributed by atoms with Crippen molar-refractivity contribution in [3.63, 3.8) is 0 Å². The Morgan fingerprint density at radius 2 is 2.08 bits per heavy atom.